The van der Waals surface area contributed by atoms with E-state index < -0.39 is 0 Å². The van der Waals surface area contributed by atoms with Gasteiger partial charge in [0.1, 0.15) is 5.75 Å². The number of carbonyl (C=O) groups excluding carboxylic acids is 1. The molecule has 80 valence electrons. The van der Waals surface area contributed by atoms with Gasteiger partial charge < -0.3 is 15.4 Å². The number of hydrogen-bond acceptors (Lipinski definition) is 3. The number of amides is 1. The molecule has 0 atom stereocenters. The third-order valence-corrected chi connectivity index (χ3v) is 2.60. The fourth-order valence-corrected chi connectivity index (χ4v) is 1.81. The molecule has 1 heterocycles. The lowest BCUT2D eigenvalue weighted by atomic mass is 10.2. The molecule has 4 heteroatoms. The summed E-state index contributed by atoms with van der Waals surface area (Å²) in [5.41, 5.74) is 7.24. The second kappa shape index (κ2) is 3.81. The Hall–Kier alpha value is -1.71. The van der Waals surface area contributed by atoms with Gasteiger partial charge in [0.15, 0.2) is 0 Å². The standard InChI is InChI=1S/C11H14N2O2/c1-15-8-4-5-10(9(12)7-8)13-6-2-3-11(13)14/h4-5,7H,2-3,6,12H2,1H3. The predicted octanol–water partition coefficient (Wildman–Crippen LogP) is 1.40. The van der Waals surface area contributed by atoms with Crippen LogP contribution in [-0.4, -0.2) is 19.6 Å². The minimum Gasteiger partial charge on any atom is -0.497 e. The molecule has 0 saturated carbocycles. The van der Waals surface area contributed by atoms with Crippen molar-refractivity contribution >= 4 is 17.3 Å². The largest absolute Gasteiger partial charge is 0.497 e. The van der Waals surface area contributed by atoms with Gasteiger partial charge in [-0.15, -0.1) is 0 Å². The first-order chi connectivity index (χ1) is 7.22. The summed E-state index contributed by atoms with van der Waals surface area (Å²) in [6.07, 6.45) is 1.52. The monoisotopic (exact) mass is 206 g/mol. The van der Waals surface area contributed by atoms with E-state index in [9.17, 15) is 4.79 Å². The molecule has 1 aromatic carbocycles. The zero-order valence-corrected chi connectivity index (χ0v) is 8.69. The first kappa shape index (κ1) is 9.83. The van der Waals surface area contributed by atoms with Gasteiger partial charge in [-0.25, -0.2) is 0 Å². The number of nitrogen functional groups attached to an aromatic ring is 1. The van der Waals surface area contributed by atoms with Gasteiger partial charge >= 0.3 is 0 Å². The molecule has 2 rings (SSSR count). The van der Waals surface area contributed by atoms with Crippen molar-refractivity contribution in [3.8, 4) is 5.75 Å². The van der Waals surface area contributed by atoms with Crippen LogP contribution in [0.2, 0.25) is 0 Å². The fourth-order valence-electron chi connectivity index (χ4n) is 1.81. The summed E-state index contributed by atoms with van der Waals surface area (Å²) >= 11 is 0. The number of hydrogen-bond donors (Lipinski definition) is 1. The van der Waals surface area contributed by atoms with E-state index >= 15 is 0 Å². The number of methoxy groups -OCH3 is 1. The summed E-state index contributed by atoms with van der Waals surface area (Å²) in [5.74, 6) is 0.856. The van der Waals surface area contributed by atoms with E-state index in [1.807, 2.05) is 12.1 Å². The van der Waals surface area contributed by atoms with Crippen molar-refractivity contribution < 1.29 is 9.53 Å². The number of anilines is 2. The van der Waals surface area contributed by atoms with E-state index in [4.69, 9.17) is 10.5 Å². The second-order valence-electron chi connectivity index (χ2n) is 3.57. The van der Waals surface area contributed by atoms with Crippen LogP contribution in [0.1, 0.15) is 12.8 Å². The fraction of sp³-hybridized carbons (Fsp3) is 0.364. The van der Waals surface area contributed by atoms with Crippen molar-refractivity contribution in [3.63, 3.8) is 0 Å². The summed E-state index contributed by atoms with van der Waals surface area (Å²) in [6.45, 7) is 0.759. The summed E-state index contributed by atoms with van der Waals surface area (Å²) in [6, 6.07) is 5.38. The lowest BCUT2D eigenvalue weighted by Gasteiger charge is -2.18. The highest BCUT2D eigenvalue weighted by atomic mass is 16.5. The Balaban J connectivity index is 2.32. The van der Waals surface area contributed by atoms with Crippen LogP contribution in [0, 0.1) is 0 Å². The molecule has 2 N–H and O–H groups in total. The average Bonchev–Trinajstić information content (AvgIpc) is 2.64. The highest BCUT2D eigenvalue weighted by molar-refractivity contribution is 5.98. The van der Waals surface area contributed by atoms with E-state index in [0.29, 0.717) is 17.9 Å². The normalized spacial score (nSPS) is 15.8. The highest BCUT2D eigenvalue weighted by Gasteiger charge is 2.23. The molecule has 4 nitrogen and oxygen atoms in total. The molecule has 0 radical (unpaired) electrons. The van der Waals surface area contributed by atoms with Gasteiger partial charge in [-0.3, -0.25) is 4.79 Å². The zero-order chi connectivity index (χ0) is 10.8. The highest BCUT2D eigenvalue weighted by Crippen LogP contribution is 2.30. The molecule has 0 bridgehead atoms. The quantitative estimate of drug-likeness (QED) is 0.744. The van der Waals surface area contributed by atoms with Crippen LogP contribution < -0.4 is 15.4 Å². The van der Waals surface area contributed by atoms with Crippen LogP contribution in [0.4, 0.5) is 11.4 Å². The van der Waals surface area contributed by atoms with Crippen LogP contribution in [0.15, 0.2) is 18.2 Å². The van der Waals surface area contributed by atoms with Crippen LogP contribution in [-0.2, 0) is 4.79 Å². The van der Waals surface area contributed by atoms with Crippen molar-refractivity contribution in [1.82, 2.24) is 0 Å². The molecule has 1 aromatic rings. The minimum absolute atomic E-state index is 0.145. The molecular weight excluding hydrogens is 192 g/mol. The Labute approximate surface area is 88.6 Å². The third-order valence-electron chi connectivity index (χ3n) is 2.60. The van der Waals surface area contributed by atoms with Crippen LogP contribution in [0.3, 0.4) is 0 Å². The number of rotatable bonds is 2. The molecule has 15 heavy (non-hydrogen) atoms. The molecule has 0 spiro atoms. The lowest BCUT2D eigenvalue weighted by Crippen LogP contribution is -2.24. The topological polar surface area (TPSA) is 55.6 Å². The number of ether oxygens (including phenoxy) is 1. The third kappa shape index (κ3) is 1.75. The van der Waals surface area contributed by atoms with Crippen LogP contribution in [0.25, 0.3) is 0 Å². The van der Waals surface area contributed by atoms with Crippen molar-refractivity contribution in [3.05, 3.63) is 18.2 Å². The molecular formula is C11H14N2O2. The van der Waals surface area contributed by atoms with Gasteiger partial charge in [0.25, 0.3) is 0 Å². The van der Waals surface area contributed by atoms with E-state index in [1.165, 1.54) is 0 Å². The van der Waals surface area contributed by atoms with Gasteiger partial charge in [0.05, 0.1) is 18.5 Å². The first-order valence-corrected chi connectivity index (χ1v) is 4.96. The van der Waals surface area contributed by atoms with Crippen molar-refractivity contribution in [1.29, 1.82) is 0 Å². The molecule has 1 saturated heterocycles. The number of carbonyl (C=O) groups is 1. The smallest absolute Gasteiger partial charge is 0.227 e. The van der Waals surface area contributed by atoms with Gasteiger partial charge in [-0.05, 0) is 18.6 Å². The van der Waals surface area contributed by atoms with Crippen LogP contribution >= 0.6 is 0 Å². The summed E-state index contributed by atoms with van der Waals surface area (Å²) in [7, 11) is 1.59. The maximum absolute atomic E-state index is 11.5. The van der Waals surface area contributed by atoms with E-state index in [-0.39, 0.29) is 5.91 Å². The summed E-state index contributed by atoms with van der Waals surface area (Å²) < 4.78 is 5.06. The Bertz CT molecular complexity index is 390. The Kier molecular flexibility index (Phi) is 2.49. The number of nitrogens with zero attached hydrogens (tertiary/aromatic N) is 1. The predicted molar refractivity (Wildman–Crippen MR) is 59.0 cm³/mol. The molecule has 1 amide bonds. The van der Waals surface area contributed by atoms with Crippen molar-refractivity contribution in [2.75, 3.05) is 24.3 Å². The zero-order valence-electron chi connectivity index (χ0n) is 8.69. The summed E-state index contributed by atoms with van der Waals surface area (Å²) in [5, 5.41) is 0. The Morgan fingerprint density at radius 2 is 2.27 bits per heavy atom. The van der Waals surface area contributed by atoms with Gasteiger partial charge in [0.2, 0.25) is 5.91 Å². The Morgan fingerprint density at radius 3 is 2.80 bits per heavy atom. The molecule has 0 unspecified atom stereocenters. The molecule has 1 aliphatic heterocycles. The number of nitrogens with two attached hydrogens (primary N) is 1. The van der Waals surface area contributed by atoms with Gasteiger partial charge in [0, 0.05) is 19.0 Å². The molecule has 0 aromatic heterocycles. The van der Waals surface area contributed by atoms with E-state index in [2.05, 4.69) is 0 Å². The van der Waals surface area contributed by atoms with Crippen molar-refractivity contribution in [2.45, 2.75) is 12.8 Å². The van der Waals surface area contributed by atoms with Gasteiger partial charge in [-0.1, -0.05) is 0 Å². The molecule has 0 aliphatic carbocycles. The van der Waals surface area contributed by atoms with Gasteiger partial charge in [-0.2, -0.15) is 0 Å². The van der Waals surface area contributed by atoms with Crippen LogP contribution in [0.5, 0.6) is 5.75 Å². The maximum Gasteiger partial charge on any atom is 0.227 e. The Morgan fingerprint density at radius 1 is 1.47 bits per heavy atom. The summed E-state index contributed by atoms with van der Waals surface area (Å²) in [4.78, 5) is 13.3. The van der Waals surface area contributed by atoms with E-state index in [0.717, 1.165) is 18.7 Å². The lowest BCUT2D eigenvalue weighted by molar-refractivity contribution is -0.117. The average molecular weight is 206 g/mol. The van der Waals surface area contributed by atoms with E-state index in [1.54, 1.807) is 18.1 Å². The number of benzene rings is 1. The minimum atomic E-state index is 0.145. The second-order valence-corrected chi connectivity index (χ2v) is 3.57. The molecule has 1 aliphatic rings. The first-order valence-electron chi connectivity index (χ1n) is 4.96. The molecule has 1 fully saturated rings. The SMILES string of the molecule is COc1ccc(N2CCCC2=O)c(N)c1. The van der Waals surface area contributed by atoms with Crippen molar-refractivity contribution in [2.24, 2.45) is 0 Å². The maximum atomic E-state index is 11.5.